The van der Waals surface area contributed by atoms with Crippen molar-refractivity contribution in [3.05, 3.63) is 59.9 Å². The maximum Gasteiger partial charge on any atom is 0.246 e. The largest absolute Gasteiger partial charge is 0.399 e. The summed E-state index contributed by atoms with van der Waals surface area (Å²) in [5, 5.41) is 7.66. The van der Waals surface area contributed by atoms with Gasteiger partial charge in [-0.2, -0.15) is 4.98 Å². The van der Waals surface area contributed by atoms with Gasteiger partial charge in [0.2, 0.25) is 5.95 Å². The Labute approximate surface area is 123 Å². The third-order valence-electron chi connectivity index (χ3n) is 3.37. The van der Waals surface area contributed by atoms with Crippen molar-refractivity contribution in [1.29, 1.82) is 0 Å². The summed E-state index contributed by atoms with van der Waals surface area (Å²) in [6.45, 7) is 3.99. The van der Waals surface area contributed by atoms with Gasteiger partial charge in [-0.25, -0.2) is 4.68 Å². The van der Waals surface area contributed by atoms with Gasteiger partial charge in [-0.05, 0) is 49.2 Å². The predicted molar refractivity (Wildman–Crippen MR) is 85.0 cm³/mol. The molecule has 0 saturated carbocycles. The summed E-state index contributed by atoms with van der Waals surface area (Å²) in [4.78, 5) is 4.29. The molecule has 0 aliphatic carbocycles. The van der Waals surface area contributed by atoms with E-state index in [-0.39, 0.29) is 0 Å². The van der Waals surface area contributed by atoms with Crippen molar-refractivity contribution in [1.82, 2.24) is 14.8 Å². The SMILES string of the molecule is Cc1cc(Nc2ncn(-c3ccccc3)n2)c(C)cc1N. The van der Waals surface area contributed by atoms with Crippen LogP contribution in [0.4, 0.5) is 17.3 Å². The number of hydrogen-bond donors (Lipinski definition) is 2. The topological polar surface area (TPSA) is 68.8 Å². The second-order valence-corrected chi connectivity index (χ2v) is 5.00. The Kier molecular flexibility index (Phi) is 3.31. The number of nitrogens with one attached hydrogen (secondary N) is 1. The van der Waals surface area contributed by atoms with Crippen LogP contribution in [-0.4, -0.2) is 14.8 Å². The van der Waals surface area contributed by atoms with Gasteiger partial charge in [0.15, 0.2) is 0 Å². The molecule has 0 atom stereocenters. The van der Waals surface area contributed by atoms with Crippen LogP contribution in [0, 0.1) is 13.8 Å². The molecule has 3 N–H and O–H groups in total. The minimum absolute atomic E-state index is 0.561. The molecule has 0 aliphatic heterocycles. The zero-order valence-electron chi connectivity index (χ0n) is 12.0. The molecule has 5 nitrogen and oxygen atoms in total. The van der Waals surface area contributed by atoms with E-state index in [1.54, 1.807) is 11.0 Å². The van der Waals surface area contributed by atoms with Gasteiger partial charge in [-0.15, -0.1) is 5.10 Å². The summed E-state index contributed by atoms with van der Waals surface area (Å²) in [5.41, 5.74) is 10.7. The first-order chi connectivity index (χ1) is 10.1. The molecular formula is C16H17N5. The van der Waals surface area contributed by atoms with Gasteiger partial charge in [-0.3, -0.25) is 0 Å². The first-order valence-corrected chi connectivity index (χ1v) is 6.74. The van der Waals surface area contributed by atoms with Crippen LogP contribution in [0.25, 0.3) is 5.69 Å². The number of nitrogens with two attached hydrogens (primary N) is 1. The van der Waals surface area contributed by atoms with Crippen LogP contribution in [0.1, 0.15) is 11.1 Å². The number of nitrogens with zero attached hydrogens (tertiary/aromatic N) is 3. The van der Waals surface area contributed by atoms with E-state index < -0.39 is 0 Å². The molecule has 0 fully saturated rings. The molecule has 0 amide bonds. The summed E-state index contributed by atoms with van der Waals surface area (Å²) in [6.07, 6.45) is 1.69. The molecule has 0 spiro atoms. The summed E-state index contributed by atoms with van der Waals surface area (Å²) in [6, 6.07) is 13.8. The first-order valence-electron chi connectivity index (χ1n) is 6.74. The van der Waals surface area contributed by atoms with E-state index in [1.165, 1.54) is 0 Å². The lowest BCUT2D eigenvalue weighted by Crippen LogP contribution is -2.00. The van der Waals surface area contributed by atoms with Gasteiger partial charge in [0.25, 0.3) is 0 Å². The number of aromatic nitrogens is 3. The van der Waals surface area contributed by atoms with Gasteiger partial charge in [0.1, 0.15) is 6.33 Å². The van der Waals surface area contributed by atoms with Crippen LogP contribution < -0.4 is 11.1 Å². The standard InChI is InChI=1S/C16H17N5/c1-11-9-15(12(2)8-14(11)17)19-16-18-10-21(20-16)13-6-4-3-5-7-13/h3-10H,17H2,1-2H3,(H,19,20). The lowest BCUT2D eigenvalue weighted by molar-refractivity contribution is 0.882. The van der Waals surface area contributed by atoms with Crippen molar-refractivity contribution in [3.8, 4) is 5.69 Å². The van der Waals surface area contributed by atoms with E-state index in [0.29, 0.717) is 5.95 Å². The fourth-order valence-electron chi connectivity index (χ4n) is 2.12. The molecule has 21 heavy (non-hydrogen) atoms. The zero-order valence-corrected chi connectivity index (χ0v) is 12.0. The van der Waals surface area contributed by atoms with E-state index in [1.807, 2.05) is 56.3 Å². The molecule has 5 heteroatoms. The molecule has 0 radical (unpaired) electrons. The van der Waals surface area contributed by atoms with E-state index in [9.17, 15) is 0 Å². The van der Waals surface area contributed by atoms with Gasteiger partial charge in [0, 0.05) is 11.4 Å². The Hall–Kier alpha value is -2.82. The lowest BCUT2D eigenvalue weighted by atomic mass is 10.1. The van der Waals surface area contributed by atoms with Crippen molar-refractivity contribution >= 4 is 17.3 Å². The van der Waals surface area contributed by atoms with Crippen molar-refractivity contribution in [2.45, 2.75) is 13.8 Å². The Morgan fingerprint density at radius 1 is 1.05 bits per heavy atom. The molecule has 1 aromatic heterocycles. The highest BCUT2D eigenvalue weighted by Gasteiger charge is 2.06. The van der Waals surface area contributed by atoms with Crippen molar-refractivity contribution in [2.24, 2.45) is 0 Å². The first kappa shape index (κ1) is 13.2. The van der Waals surface area contributed by atoms with E-state index in [4.69, 9.17) is 5.73 Å². The third-order valence-corrected chi connectivity index (χ3v) is 3.37. The third kappa shape index (κ3) is 2.72. The van der Waals surface area contributed by atoms with Gasteiger partial charge < -0.3 is 11.1 Å². The smallest absolute Gasteiger partial charge is 0.246 e. The molecular weight excluding hydrogens is 262 g/mol. The molecule has 1 heterocycles. The Balaban J connectivity index is 1.87. The molecule has 0 bridgehead atoms. The van der Waals surface area contributed by atoms with Crippen LogP contribution in [0.5, 0.6) is 0 Å². The minimum atomic E-state index is 0.561. The molecule has 0 aliphatic rings. The number of anilines is 3. The maximum atomic E-state index is 5.90. The Morgan fingerprint density at radius 2 is 1.81 bits per heavy atom. The quantitative estimate of drug-likeness (QED) is 0.722. The fourth-order valence-corrected chi connectivity index (χ4v) is 2.12. The summed E-state index contributed by atoms with van der Waals surface area (Å²) < 4.78 is 1.74. The monoisotopic (exact) mass is 279 g/mol. The van der Waals surface area contributed by atoms with Crippen molar-refractivity contribution < 1.29 is 0 Å². The molecule has 0 saturated heterocycles. The maximum absolute atomic E-state index is 5.90. The number of rotatable bonds is 3. The number of aryl methyl sites for hydroxylation is 2. The molecule has 3 rings (SSSR count). The molecule has 0 unspecified atom stereocenters. The van der Waals surface area contributed by atoms with E-state index in [0.717, 1.165) is 28.2 Å². The Bertz CT molecular complexity index is 762. The average molecular weight is 279 g/mol. The second-order valence-electron chi connectivity index (χ2n) is 5.00. The Morgan fingerprint density at radius 3 is 2.57 bits per heavy atom. The minimum Gasteiger partial charge on any atom is -0.399 e. The molecule has 2 aromatic carbocycles. The van der Waals surface area contributed by atoms with Crippen molar-refractivity contribution in [2.75, 3.05) is 11.1 Å². The fraction of sp³-hybridized carbons (Fsp3) is 0.125. The second kappa shape index (κ2) is 5.28. The van der Waals surface area contributed by atoms with Gasteiger partial charge in [-0.1, -0.05) is 18.2 Å². The van der Waals surface area contributed by atoms with Gasteiger partial charge >= 0.3 is 0 Å². The molecule has 3 aromatic rings. The van der Waals surface area contributed by atoms with E-state index >= 15 is 0 Å². The summed E-state index contributed by atoms with van der Waals surface area (Å²) in [7, 11) is 0. The highest BCUT2D eigenvalue weighted by molar-refractivity contribution is 5.65. The van der Waals surface area contributed by atoms with Crippen molar-refractivity contribution in [3.63, 3.8) is 0 Å². The zero-order chi connectivity index (χ0) is 14.8. The van der Waals surface area contributed by atoms with Gasteiger partial charge in [0.05, 0.1) is 5.69 Å². The number of benzene rings is 2. The van der Waals surface area contributed by atoms with Crippen LogP contribution in [0.2, 0.25) is 0 Å². The highest BCUT2D eigenvalue weighted by Crippen LogP contribution is 2.24. The number of nitrogen functional groups attached to an aromatic ring is 1. The summed E-state index contributed by atoms with van der Waals surface area (Å²) in [5.74, 6) is 0.561. The average Bonchev–Trinajstić information content (AvgIpc) is 2.94. The normalized spacial score (nSPS) is 10.6. The number of hydrogen-bond acceptors (Lipinski definition) is 4. The number of para-hydroxylation sites is 1. The predicted octanol–water partition coefficient (Wildman–Crippen LogP) is 3.21. The summed E-state index contributed by atoms with van der Waals surface area (Å²) >= 11 is 0. The van der Waals surface area contributed by atoms with Crippen LogP contribution in [0.3, 0.4) is 0 Å². The highest BCUT2D eigenvalue weighted by atomic mass is 15.4. The molecule has 106 valence electrons. The van der Waals surface area contributed by atoms with Crippen LogP contribution in [-0.2, 0) is 0 Å². The lowest BCUT2D eigenvalue weighted by Gasteiger charge is -2.09. The van der Waals surface area contributed by atoms with E-state index in [2.05, 4.69) is 15.4 Å². The van der Waals surface area contributed by atoms with Crippen LogP contribution in [0.15, 0.2) is 48.8 Å². The van der Waals surface area contributed by atoms with Crippen LogP contribution >= 0.6 is 0 Å².